The van der Waals surface area contributed by atoms with Gasteiger partial charge < -0.3 is 5.32 Å². The van der Waals surface area contributed by atoms with Gasteiger partial charge in [-0.05, 0) is 43.4 Å². The zero-order valence-electron chi connectivity index (χ0n) is 10.3. The van der Waals surface area contributed by atoms with Crippen molar-refractivity contribution in [1.29, 1.82) is 0 Å². The van der Waals surface area contributed by atoms with Gasteiger partial charge in [-0.15, -0.1) is 0 Å². The largest absolute Gasteiger partial charge is 0.353 e. The van der Waals surface area contributed by atoms with Crippen molar-refractivity contribution in [3.05, 3.63) is 0 Å². The Balaban J connectivity index is 1.82. The van der Waals surface area contributed by atoms with Gasteiger partial charge in [0.2, 0.25) is 5.91 Å². The highest BCUT2D eigenvalue weighted by Crippen LogP contribution is 2.54. The Labute approximate surface area is 92.8 Å². The topological polar surface area (TPSA) is 29.1 Å². The average molecular weight is 209 g/mol. The number of rotatable bonds is 2. The molecular weight excluding hydrogens is 186 g/mol. The van der Waals surface area contributed by atoms with E-state index in [-0.39, 0.29) is 11.5 Å². The molecule has 0 aromatic heterocycles. The van der Waals surface area contributed by atoms with Crippen LogP contribution in [0.4, 0.5) is 0 Å². The molecule has 1 N–H and O–H groups in total. The Morgan fingerprint density at radius 1 is 1.20 bits per heavy atom. The van der Waals surface area contributed by atoms with Crippen molar-refractivity contribution in [1.82, 2.24) is 5.32 Å². The van der Waals surface area contributed by atoms with E-state index < -0.39 is 0 Å². The number of amides is 1. The Morgan fingerprint density at radius 2 is 1.73 bits per heavy atom. The van der Waals surface area contributed by atoms with Gasteiger partial charge in [0.1, 0.15) is 0 Å². The molecule has 86 valence electrons. The van der Waals surface area contributed by atoms with Crippen molar-refractivity contribution in [2.24, 2.45) is 23.2 Å². The summed E-state index contributed by atoms with van der Waals surface area (Å²) in [4.78, 5) is 12.0. The number of nitrogens with one attached hydrogen (secondary N) is 1. The maximum atomic E-state index is 12.0. The predicted octanol–water partition coefficient (Wildman–Crippen LogP) is 2.58. The Hall–Kier alpha value is -0.530. The van der Waals surface area contributed by atoms with E-state index in [1.165, 1.54) is 6.42 Å². The standard InChI is InChI=1S/C13H23NO/c1-8(13(2,3)4)14-12(15)11-6-9-5-10(9)7-11/h8-11H,5-7H2,1-4H3,(H,14,15). The summed E-state index contributed by atoms with van der Waals surface area (Å²) in [5, 5.41) is 3.16. The van der Waals surface area contributed by atoms with Crippen LogP contribution in [-0.2, 0) is 4.79 Å². The Kier molecular flexibility index (Phi) is 2.56. The van der Waals surface area contributed by atoms with Gasteiger partial charge in [-0.1, -0.05) is 20.8 Å². The lowest BCUT2D eigenvalue weighted by atomic mass is 9.87. The molecule has 3 unspecified atom stereocenters. The zero-order valence-corrected chi connectivity index (χ0v) is 10.3. The minimum atomic E-state index is 0.164. The van der Waals surface area contributed by atoms with Crippen LogP contribution in [0.2, 0.25) is 0 Å². The highest BCUT2D eigenvalue weighted by atomic mass is 16.1. The maximum absolute atomic E-state index is 12.0. The molecule has 0 radical (unpaired) electrons. The molecule has 0 bridgehead atoms. The summed E-state index contributed by atoms with van der Waals surface area (Å²) >= 11 is 0. The molecule has 1 amide bonds. The smallest absolute Gasteiger partial charge is 0.223 e. The van der Waals surface area contributed by atoms with Crippen LogP contribution >= 0.6 is 0 Å². The van der Waals surface area contributed by atoms with Crippen molar-refractivity contribution in [3.8, 4) is 0 Å². The van der Waals surface area contributed by atoms with E-state index in [1.54, 1.807) is 0 Å². The van der Waals surface area contributed by atoms with Crippen molar-refractivity contribution in [2.75, 3.05) is 0 Å². The first-order valence-electron chi connectivity index (χ1n) is 6.18. The second-order valence-corrected chi connectivity index (χ2v) is 6.52. The fraction of sp³-hybridized carbons (Fsp3) is 0.923. The minimum absolute atomic E-state index is 0.164. The molecule has 2 aliphatic rings. The molecule has 0 aromatic rings. The van der Waals surface area contributed by atoms with E-state index in [1.807, 2.05) is 0 Å². The maximum Gasteiger partial charge on any atom is 0.223 e. The second kappa shape index (κ2) is 3.50. The van der Waals surface area contributed by atoms with Gasteiger partial charge in [-0.25, -0.2) is 0 Å². The molecule has 0 heterocycles. The number of hydrogen-bond acceptors (Lipinski definition) is 1. The van der Waals surface area contributed by atoms with E-state index in [9.17, 15) is 4.79 Å². The zero-order chi connectivity index (χ0) is 11.2. The van der Waals surface area contributed by atoms with Crippen molar-refractivity contribution >= 4 is 5.91 Å². The van der Waals surface area contributed by atoms with Crippen molar-refractivity contribution in [2.45, 2.75) is 53.0 Å². The quantitative estimate of drug-likeness (QED) is 0.744. The minimum Gasteiger partial charge on any atom is -0.353 e. The van der Waals surface area contributed by atoms with Crippen LogP contribution in [0.25, 0.3) is 0 Å². The molecule has 2 heteroatoms. The molecule has 2 nitrogen and oxygen atoms in total. The first kappa shape index (κ1) is 11.0. The summed E-state index contributed by atoms with van der Waals surface area (Å²) in [5.41, 5.74) is 0.164. The molecule has 0 aromatic carbocycles. The molecule has 2 rings (SSSR count). The summed E-state index contributed by atoms with van der Waals surface area (Å²) in [6, 6.07) is 0.266. The SMILES string of the molecule is CC(NC(=O)C1CC2CC2C1)C(C)(C)C. The molecule has 0 saturated heterocycles. The summed E-state index contributed by atoms with van der Waals surface area (Å²) < 4.78 is 0. The highest BCUT2D eigenvalue weighted by molar-refractivity contribution is 5.79. The summed E-state index contributed by atoms with van der Waals surface area (Å²) in [5.74, 6) is 2.40. The van der Waals surface area contributed by atoms with Crippen LogP contribution in [0, 0.1) is 23.2 Å². The lowest BCUT2D eigenvalue weighted by Gasteiger charge is -2.29. The molecule has 0 spiro atoms. The summed E-state index contributed by atoms with van der Waals surface area (Å²) in [6.45, 7) is 8.62. The molecular formula is C13H23NO. The molecule has 2 aliphatic carbocycles. The van der Waals surface area contributed by atoms with Crippen molar-refractivity contribution in [3.63, 3.8) is 0 Å². The third kappa shape index (κ3) is 2.35. The lowest BCUT2D eigenvalue weighted by molar-refractivity contribution is -0.126. The van der Waals surface area contributed by atoms with Gasteiger partial charge in [0.15, 0.2) is 0 Å². The Bertz CT molecular complexity index is 256. The molecule has 0 aliphatic heterocycles. The number of carbonyl (C=O) groups is 1. The first-order chi connectivity index (χ1) is 6.88. The van der Waals surface area contributed by atoms with Gasteiger partial charge in [0, 0.05) is 12.0 Å². The predicted molar refractivity (Wildman–Crippen MR) is 61.4 cm³/mol. The first-order valence-corrected chi connectivity index (χ1v) is 6.18. The average Bonchev–Trinajstić information content (AvgIpc) is 2.71. The lowest BCUT2D eigenvalue weighted by Crippen LogP contribution is -2.43. The van der Waals surface area contributed by atoms with Crippen LogP contribution in [0.3, 0.4) is 0 Å². The third-order valence-electron chi connectivity index (χ3n) is 4.27. The summed E-state index contributed by atoms with van der Waals surface area (Å²) in [7, 11) is 0. The van der Waals surface area contributed by atoms with Gasteiger partial charge in [0.05, 0.1) is 0 Å². The number of fused-ring (bicyclic) bond motifs is 1. The molecule has 15 heavy (non-hydrogen) atoms. The second-order valence-electron chi connectivity index (χ2n) is 6.52. The van der Waals surface area contributed by atoms with Gasteiger partial charge >= 0.3 is 0 Å². The monoisotopic (exact) mass is 209 g/mol. The van der Waals surface area contributed by atoms with Crippen LogP contribution < -0.4 is 5.32 Å². The van der Waals surface area contributed by atoms with E-state index >= 15 is 0 Å². The fourth-order valence-corrected chi connectivity index (χ4v) is 2.48. The van der Waals surface area contributed by atoms with Crippen LogP contribution in [0.1, 0.15) is 47.0 Å². The summed E-state index contributed by atoms with van der Waals surface area (Å²) in [6.07, 6.45) is 3.68. The van der Waals surface area contributed by atoms with E-state index in [0.29, 0.717) is 11.8 Å². The van der Waals surface area contributed by atoms with Crippen LogP contribution in [0.5, 0.6) is 0 Å². The normalized spacial score (nSPS) is 35.9. The highest BCUT2D eigenvalue weighted by Gasteiger charge is 2.48. The van der Waals surface area contributed by atoms with Crippen LogP contribution in [0.15, 0.2) is 0 Å². The van der Waals surface area contributed by atoms with E-state index in [4.69, 9.17) is 0 Å². The van der Waals surface area contributed by atoms with Crippen molar-refractivity contribution < 1.29 is 4.79 Å². The number of carbonyl (C=O) groups excluding carboxylic acids is 1. The van der Waals surface area contributed by atoms with Gasteiger partial charge in [-0.3, -0.25) is 4.79 Å². The van der Waals surface area contributed by atoms with E-state index in [2.05, 4.69) is 33.0 Å². The fourth-order valence-electron chi connectivity index (χ4n) is 2.48. The number of hydrogen-bond donors (Lipinski definition) is 1. The third-order valence-corrected chi connectivity index (χ3v) is 4.27. The van der Waals surface area contributed by atoms with Gasteiger partial charge in [0.25, 0.3) is 0 Å². The molecule has 3 atom stereocenters. The van der Waals surface area contributed by atoms with Crippen LogP contribution in [-0.4, -0.2) is 11.9 Å². The van der Waals surface area contributed by atoms with E-state index in [0.717, 1.165) is 24.7 Å². The Morgan fingerprint density at radius 3 is 2.20 bits per heavy atom. The molecule has 2 fully saturated rings. The molecule has 2 saturated carbocycles. The van der Waals surface area contributed by atoms with Gasteiger partial charge in [-0.2, -0.15) is 0 Å².